The van der Waals surface area contributed by atoms with Gasteiger partial charge in [-0.1, -0.05) is 13.0 Å². The van der Waals surface area contributed by atoms with E-state index in [1.807, 2.05) is 6.08 Å². The van der Waals surface area contributed by atoms with Crippen LogP contribution in [0.15, 0.2) is 12.7 Å². The minimum Gasteiger partial charge on any atom is -0.380 e. The molecular formula is C9H19NO. The lowest BCUT2D eigenvalue weighted by Crippen LogP contribution is -2.20. The van der Waals surface area contributed by atoms with E-state index in [1.54, 1.807) is 0 Å². The third-order valence-corrected chi connectivity index (χ3v) is 1.30. The van der Waals surface area contributed by atoms with Gasteiger partial charge >= 0.3 is 0 Å². The molecule has 0 radical (unpaired) electrons. The number of hydrogen-bond donors (Lipinski definition) is 1. The van der Waals surface area contributed by atoms with Gasteiger partial charge in [-0.25, -0.2) is 0 Å². The highest BCUT2D eigenvalue weighted by Gasteiger charge is 1.85. The van der Waals surface area contributed by atoms with Gasteiger partial charge in [0, 0.05) is 13.2 Å². The molecule has 0 spiro atoms. The summed E-state index contributed by atoms with van der Waals surface area (Å²) in [7, 11) is 0. The van der Waals surface area contributed by atoms with Crippen molar-refractivity contribution < 1.29 is 4.74 Å². The maximum atomic E-state index is 5.27. The first-order valence-electron chi connectivity index (χ1n) is 4.31. The van der Waals surface area contributed by atoms with Gasteiger partial charge in [-0.15, -0.1) is 6.58 Å². The van der Waals surface area contributed by atoms with Crippen LogP contribution in [0.2, 0.25) is 0 Å². The summed E-state index contributed by atoms with van der Waals surface area (Å²) in [5.41, 5.74) is 0. The van der Waals surface area contributed by atoms with Crippen LogP contribution >= 0.6 is 0 Å². The van der Waals surface area contributed by atoms with E-state index in [4.69, 9.17) is 4.74 Å². The predicted octanol–water partition coefficient (Wildman–Crippen LogP) is 1.58. The number of ether oxygens (including phenoxy) is 1. The van der Waals surface area contributed by atoms with Gasteiger partial charge in [0.25, 0.3) is 0 Å². The smallest absolute Gasteiger partial charge is 0.0590 e. The molecule has 0 aliphatic carbocycles. The summed E-state index contributed by atoms with van der Waals surface area (Å²) < 4.78 is 5.27. The molecule has 1 N–H and O–H groups in total. The van der Waals surface area contributed by atoms with Crippen LogP contribution in [0.3, 0.4) is 0 Å². The molecule has 2 heteroatoms. The zero-order chi connectivity index (χ0) is 8.36. The number of nitrogens with one attached hydrogen (secondary N) is 1. The summed E-state index contributed by atoms with van der Waals surface area (Å²) >= 11 is 0. The SMILES string of the molecule is C=CCCNCCOCCC. The first-order valence-corrected chi connectivity index (χ1v) is 4.31. The van der Waals surface area contributed by atoms with Gasteiger partial charge < -0.3 is 10.1 Å². The minimum atomic E-state index is 0.824. The monoisotopic (exact) mass is 157 g/mol. The molecule has 0 amide bonds. The fourth-order valence-corrected chi connectivity index (χ4v) is 0.720. The topological polar surface area (TPSA) is 21.3 Å². The summed E-state index contributed by atoms with van der Waals surface area (Å²) in [6.07, 6.45) is 4.06. The van der Waals surface area contributed by atoms with Gasteiger partial charge in [-0.2, -0.15) is 0 Å². The van der Waals surface area contributed by atoms with Crippen LogP contribution < -0.4 is 5.32 Å². The van der Waals surface area contributed by atoms with Crippen LogP contribution in [-0.2, 0) is 4.74 Å². The van der Waals surface area contributed by atoms with E-state index in [1.165, 1.54) is 0 Å². The molecule has 2 nitrogen and oxygen atoms in total. The normalized spacial score (nSPS) is 9.91. The molecule has 0 saturated carbocycles. The Bertz CT molecular complexity index is 83.6. The van der Waals surface area contributed by atoms with E-state index in [9.17, 15) is 0 Å². The summed E-state index contributed by atoms with van der Waals surface area (Å²) in [4.78, 5) is 0. The van der Waals surface area contributed by atoms with Crippen LogP contribution in [0.5, 0.6) is 0 Å². The van der Waals surface area contributed by atoms with Crippen molar-refractivity contribution in [2.45, 2.75) is 19.8 Å². The van der Waals surface area contributed by atoms with Crippen LogP contribution in [0.1, 0.15) is 19.8 Å². The average molecular weight is 157 g/mol. The van der Waals surface area contributed by atoms with Crippen molar-refractivity contribution in [3.05, 3.63) is 12.7 Å². The largest absolute Gasteiger partial charge is 0.380 e. The lowest BCUT2D eigenvalue weighted by molar-refractivity contribution is 0.137. The molecule has 0 bridgehead atoms. The molecule has 0 atom stereocenters. The van der Waals surface area contributed by atoms with E-state index >= 15 is 0 Å². The van der Waals surface area contributed by atoms with E-state index in [2.05, 4.69) is 18.8 Å². The summed E-state index contributed by atoms with van der Waals surface area (Å²) in [5.74, 6) is 0. The summed E-state index contributed by atoms with van der Waals surface area (Å²) in [5, 5.41) is 3.25. The molecule has 0 aliphatic heterocycles. The molecule has 0 aliphatic rings. The molecule has 66 valence electrons. The van der Waals surface area contributed by atoms with E-state index in [0.717, 1.165) is 39.1 Å². The lowest BCUT2D eigenvalue weighted by Gasteiger charge is -2.02. The van der Waals surface area contributed by atoms with Crippen LogP contribution in [-0.4, -0.2) is 26.3 Å². The van der Waals surface area contributed by atoms with Gasteiger partial charge in [-0.05, 0) is 19.4 Å². The highest BCUT2D eigenvalue weighted by molar-refractivity contribution is 4.67. The van der Waals surface area contributed by atoms with Gasteiger partial charge in [-0.3, -0.25) is 0 Å². The fraction of sp³-hybridized carbons (Fsp3) is 0.778. The van der Waals surface area contributed by atoms with E-state index in [0.29, 0.717) is 0 Å². The third-order valence-electron chi connectivity index (χ3n) is 1.30. The molecule has 0 unspecified atom stereocenters. The van der Waals surface area contributed by atoms with E-state index < -0.39 is 0 Å². The second-order valence-electron chi connectivity index (χ2n) is 2.44. The molecule has 0 rings (SSSR count). The van der Waals surface area contributed by atoms with Crippen molar-refractivity contribution in [3.63, 3.8) is 0 Å². The summed E-state index contributed by atoms with van der Waals surface area (Å²) in [6.45, 7) is 9.42. The quantitative estimate of drug-likeness (QED) is 0.426. The van der Waals surface area contributed by atoms with Gasteiger partial charge in [0.1, 0.15) is 0 Å². The van der Waals surface area contributed by atoms with Crippen molar-refractivity contribution in [2.24, 2.45) is 0 Å². The highest BCUT2D eigenvalue weighted by atomic mass is 16.5. The van der Waals surface area contributed by atoms with Crippen molar-refractivity contribution in [2.75, 3.05) is 26.3 Å². The van der Waals surface area contributed by atoms with Gasteiger partial charge in [0.05, 0.1) is 6.61 Å². The Morgan fingerprint density at radius 3 is 2.82 bits per heavy atom. The first kappa shape index (κ1) is 10.7. The molecule has 0 aromatic heterocycles. The molecule has 11 heavy (non-hydrogen) atoms. The molecule has 0 aromatic rings. The molecule has 0 saturated heterocycles. The Morgan fingerprint density at radius 1 is 1.36 bits per heavy atom. The zero-order valence-electron chi connectivity index (χ0n) is 7.44. The molecule has 0 aromatic carbocycles. The van der Waals surface area contributed by atoms with Gasteiger partial charge in [0.15, 0.2) is 0 Å². The Labute approximate surface area is 69.6 Å². The average Bonchev–Trinajstić information content (AvgIpc) is 2.03. The Balaban J connectivity index is 2.74. The van der Waals surface area contributed by atoms with Crippen molar-refractivity contribution in [1.82, 2.24) is 5.32 Å². The standard InChI is InChI=1S/C9H19NO/c1-3-5-6-10-7-9-11-8-4-2/h3,10H,1,4-9H2,2H3. The Morgan fingerprint density at radius 2 is 2.18 bits per heavy atom. The van der Waals surface area contributed by atoms with Crippen molar-refractivity contribution >= 4 is 0 Å². The summed E-state index contributed by atoms with van der Waals surface area (Å²) in [6, 6.07) is 0. The van der Waals surface area contributed by atoms with Crippen molar-refractivity contribution in [1.29, 1.82) is 0 Å². The minimum absolute atomic E-state index is 0.824. The third kappa shape index (κ3) is 9.66. The zero-order valence-corrected chi connectivity index (χ0v) is 7.44. The second-order valence-corrected chi connectivity index (χ2v) is 2.44. The van der Waals surface area contributed by atoms with Gasteiger partial charge in [0.2, 0.25) is 0 Å². The maximum absolute atomic E-state index is 5.27. The molecular weight excluding hydrogens is 138 g/mol. The highest BCUT2D eigenvalue weighted by Crippen LogP contribution is 1.79. The second kappa shape index (κ2) is 9.66. The number of rotatable bonds is 8. The molecule has 0 fully saturated rings. The van der Waals surface area contributed by atoms with Crippen molar-refractivity contribution in [3.8, 4) is 0 Å². The predicted molar refractivity (Wildman–Crippen MR) is 48.8 cm³/mol. The lowest BCUT2D eigenvalue weighted by atomic mass is 10.4. The Hall–Kier alpha value is -0.340. The number of hydrogen-bond acceptors (Lipinski definition) is 2. The van der Waals surface area contributed by atoms with Crippen LogP contribution in [0, 0.1) is 0 Å². The Kier molecular flexibility index (Phi) is 9.36. The first-order chi connectivity index (χ1) is 5.41. The fourth-order valence-electron chi connectivity index (χ4n) is 0.720. The molecule has 0 heterocycles. The van der Waals surface area contributed by atoms with E-state index in [-0.39, 0.29) is 0 Å². The van der Waals surface area contributed by atoms with Crippen LogP contribution in [0.4, 0.5) is 0 Å². The maximum Gasteiger partial charge on any atom is 0.0590 e. The van der Waals surface area contributed by atoms with Crippen LogP contribution in [0.25, 0.3) is 0 Å².